The minimum absolute atomic E-state index is 0. The lowest BCUT2D eigenvalue weighted by atomic mass is 9.96. The second-order valence-electron chi connectivity index (χ2n) is 7.59. The quantitative estimate of drug-likeness (QED) is 0.343. The highest BCUT2D eigenvalue weighted by atomic mass is 127. The maximum atomic E-state index is 13.6. The summed E-state index contributed by atoms with van der Waals surface area (Å²) < 4.78 is 18.7. The highest BCUT2D eigenvalue weighted by Gasteiger charge is 2.44. The Bertz CT molecular complexity index is 704. The summed E-state index contributed by atoms with van der Waals surface area (Å²) in [4.78, 5) is 18.4. The Kier molecular flexibility index (Phi) is 8.98. The Morgan fingerprint density at radius 1 is 1.31 bits per heavy atom. The van der Waals surface area contributed by atoms with Crippen LogP contribution in [0.2, 0.25) is 0 Å². The number of benzene rings is 1. The normalized spacial score (nSPS) is 18.6. The molecule has 1 saturated carbocycles. The van der Waals surface area contributed by atoms with Gasteiger partial charge in [-0.3, -0.25) is 4.99 Å². The second-order valence-corrected chi connectivity index (χ2v) is 7.59. The van der Waals surface area contributed by atoms with E-state index >= 15 is 0 Å². The molecule has 1 aliphatic heterocycles. The second kappa shape index (κ2) is 11.0. The van der Waals surface area contributed by atoms with E-state index in [0.29, 0.717) is 26.2 Å². The number of nitrogens with zero attached hydrogens (tertiary/aromatic N) is 2. The van der Waals surface area contributed by atoms with Crippen LogP contribution in [0.3, 0.4) is 0 Å². The van der Waals surface area contributed by atoms with Gasteiger partial charge in [0.05, 0.1) is 13.2 Å². The molecular weight excluding hydrogens is 486 g/mol. The summed E-state index contributed by atoms with van der Waals surface area (Å²) in [6.45, 7) is 7.06. The standard InChI is InChI=1S/C21H31FN4O2.HI/c1-3-23-19(25-18-8-12-26(13-9-18)20(27)28-4-2)24-15-21(10-11-21)16-6-5-7-17(22)14-16;/h5-7,14,18H,3-4,8-13,15H2,1-2H3,(H2,23,24,25);1H. The number of ether oxygens (including phenoxy) is 1. The maximum Gasteiger partial charge on any atom is 0.409 e. The van der Waals surface area contributed by atoms with Crippen molar-refractivity contribution in [1.29, 1.82) is 0 Å². The van der Waals surface area contributed by atoms with E-state index < -0.39 is 0 Å². The van der Waals surface area contributed by atoms with Crippen molar-refractivity contribution >= 4 is 36.0 Å². The van der Waals surface area contributed by atoms with Gasteiger partial charge >= 0.3 is 6.09 Å². The van der Waals surface area contributed by atoms with E-state index in [2.05, 4.69) is 10.6 Å². The molecule has 0 spiro atoms. The average Bonchev–Trinajstić information content (AvgIpc) is 3.48. The van der Waals surface area contributed by atoms with Crippen molar-refractivity contribution in [2.75, 3.05) is 32.8 Å². The zero-order chi connectivity index (χ0) is 20.0. The lowest BCUT2D eigenvalue weighted by Gasteiger charge is -2.32. The van der Waals surface area contributed by atoms with Crippen molar-refractivity contribution in [3.8, 4) is 0 Å². The predicted molar refractivity (Wildman–Crippen MR) is 123 cm³/mol. The Labute approximate surface area is 189 Å². The highest BCUT2D eigenvalue weighted by Crippen LogP contribution is 2.48. The molecule has 1 saturated heterocycles. The van der Waals surface area contributed by atoms with Crippen LogP contribution in [0, 0.1) is 5.82 Å². The first-order valence-electron chi connectivity index (χ1n) is 10.3. The van der Waals surface area contributed by atoms with Gasteiger partial charge in [0.2, 0.25) is 0 Å². The fourth-order valence-electron chi connectivity index (χ4n) is 3.67. The van der Waals surface area contributed by atoms with Gasteiger partial charge in [-0.15, -0.1) is 24.0 Å². The zero-order valence-electron chi connectivity index (χ0n) is 17.2. The third-order valence-corrected chi connectivity index (χ3v) is 5.54. The van der Waals surface area contributed by atoms with Crippen molar-refractivity contribution in [2.24, 2.45) is 4.99 Å². The molecule has 1 aromatic rings. The van der Waals surface area contributed by atoms with Crippen LogP contribution in [0.1, 0.15) is 45.1 Å². The lowest BCUT2D eigenvalue weighted by molar-refractivity contribution is 0.0963. The fourth-order valence-corrected chi connectivity index (χ4v) is 3.67. The molecule has 0 atom stereocenters. The van der Waals surface area contributed by atoms with Crippen LogP contribution in [0.15, 0.2) is 29.3 Å². The molecule has 2 fully saturated rings. The summed E-state index contributed by atoms with van der Waals surface area (Å²) >= 11 is 0. The first kappa shape index (κ1) is 23.7. The maximum absolute atomic E-state index is 13.6. The van der Waals surface area contributed by atoms with E-state index in [0.717, 1.165) is 43.8 Å². The molecule has 8 heteroatoms. The van der Waals surface area contributed by atoms with Gasteiger partial charge in [0, 0.05) is 31.1 Å². The molecule has 29 heavy (non-hydrogen) atoms. The fraction of sp³-hybridized carbons (Fsp3) is 0.619. The van der Waals surface area contributed by atoms with Gasteiger partial charge in [0.25, 0.3) is 0 Å². The van der Waals surface area contributed by atoms with Crippen LogP contribution in [0.5, 0.6) is 0 Å². The van der Waals surface area contributed by atoms with Crippen molar-refractivity contribution in [1.82, 2.24) is 15.5 Å². The summed E-state index contributed by atoms with van der Waals surface area (Å²) in [5.74, 6) is 0.603. The molecule has 1 aliphatic carbocycles. The number of hydrogen-bond donors (Lipinski definition) is 2. The lowest BCUT2D eigenvalue weighted by Crippen LogP contribution is -2.50. The first-order valence-corrected chi connectivity index (χ1v) is 10.3. The smallest absolute Gasteiger partial charge is 0.409 e. The Morgan fingerprint density at radius 2 is 2.03 bits per heavy atom. The molecule has 0 aromatic heterocycles. The number of piperidine rings is 1. The highest BCUT2D eigenvalue weighted by molar-refractivity contribution is 14.0. The van der Waals surface area contributed by atoms with Crippen LogP contribution in [0.4, 0.5) is 9.18 Å². The Morgan fingerprint density at radius 3 is 2.62 bits per heavy atom. The number of rotatable bonds is 6. The minimum Gasteiger partial charge on any atom is -0.450 e. The molecular formula is C21H32FIN4O2. The van der Waals surface area contributed by atoms with Gasteiger partial charge in [-0.2, -0.15) is 0 Å². The van der Waals surface area contributed by atoms with Gasteiger partial charge in [0.1, 0.15) is 5.82 Å². The summed E-state index contributed by atoms with van der Waals surface area (Å²) in [5.41, 5.74) is 1.01. The first-order chi connectivity index (χ1) is 13.6. The van der Waals surface area contributed by atoms with Crippen molar-refractivity contribution in [2.45, 2.75) is 51.0 Å². The number of amides is 1. The predicted octanol–water partition coefficient (Wildman–Crippen LogP) is 3.65. The van der Waals surface area contributed by atoms with E-state index in [4.69, 9.17) is 9.73 Å². The van der Waals surface area contributed by atoms with Crippen molar-refractivity contribution < 1.29 is 13.9 Å². The molecule has 2 aliphatic rings. The molecule has 3 rings (SSSR count). The molecule has 162 valence electrons. The largest absolute Gasteiger partial charge is 0.450 e. The van der Waals surface area contributed by atoms with E-state index in [-0.39, 0.29) is 47.3 Å². The molecule has 1 heterocycles. The molecule has 0 unspecified atom stereocenters. The summed E-state index contributed by atoms with van der Waals surface area (Å²) in [6, 6.07) is 7.16. The van der Waals surface area contributed by atoms with E-state index in [9.17, 15) is 9.18 Å². The Hall–Kier alpha value is -1.58. The molecule has 6 nitrogen and oxygen atoms in total. The minimum atomic E-state index is -0.229. The number of likely N-dealkylation sites (tertiary alicyclic amines) is 1. The molecule has 0 radical (unpaired) electrons. The average molecular weight is 518 g/mol. The molecule has 2 N–H and O–H groups in total. The topological polar surface area (TPSA) is 66.0 Å². The van der Waals surface area contributed by atoms with Gasteiger partial charge < -0.3 is 20.3 Å². The number of carbonyl (C=O) groups is 1. The van der Waals surface area contributed by atoms with Crippen LogP contribution < -0.4 is 10.6 Å². The van der Waals surface area contributed by atoms with E-state index in [1.54, 1.807) is 17.0 Å². The van der Waals surface area contributed by atoms with Gasteiger partial charge in [-0.25, -0.2) is 9.18 Å². The number of guanidine groups is 1. The van der Waals surface area contributed by atoms with Gasteiger partial charge in [-0.05, 0) is 57.2 Å². The number of halogens is 2. The summed E-state index contributed by atoms with van der Waals surface area (Å²) in [7, 11) is 0. The van der Waals surface area contributed by atoms with Gasteiger partial charge in [0.15, 0.2) is 5.96 Å². The van der Waals surface area contributed by atoms with Crippen LogP contribution in [0.25, 0.3) is 0 Å². The Balaban J connectivity index is 0.00000300. The third-order valence-electron chi connectivity index (χ3n) is 5.54. The van der Waals surface area contributed by atoms with Crippen molar-refractivity contribution in [3.05, 3.63) is 35.6 Å². The number of carbonyl (C=O) groups excluding carboxylic acids is 1. The van der Waals surface area contributed by atoms with E-state index in [1.165, 1.54) is 6.07 Å². The third kappa shape index (κ3) is 6.45. The molecule has 0 bridgehead atoms. The number of aliphatic imine (C=N–C) groups is 1. The summed E-state index contributed by atoms with van der Waals surface area (Å²) in [5, 5.41) is 6.80. The number of hydrogen-bond acceptors (Lipinski definition) is 3. The molecule has 1 amide bonds. The van der Waals surface area contributed by atoms with Crippen LogP contribution >= 0.6 is 24.0 Å². The van der Waals surface area contributed by atoms with Crippen LogP contribution in [-0.2, 0) is 10.2 Å². The molecule has 1 aromatic carbocycles. The number of nitrogens with one attached hydrogen (secondary N) is 2. The van der Waals surface area contributed by atoms with Gasteiger partial charge in [-0.1, -0.05) is 12.1 Å². The monoisotopic (exact) mass is 518 g/mol. The SMILES string of the molecule is CCNC(=NCC1(c2cccc(F)c2)CC1)NC1CCN(C(=O)OCC)CC1.I. The zero-order valence-corrected chi connectivity index (χ0v) is 19.6. The summed E-state index contributed by atoms with van der Waals surface area (Å²) in [6.07, 6.45) is 3.57. The van der Waals surface area contributed by atoms with Crippen LogP contribution in [-0.4, -0.2) is 55.8 Å². The van der Waals surface area contributed by atoms with E-state index in [1.807, 2.05) is 19.9 Å². The van der Waals surface area contributed by atoms with Crippen molar-refractivity contribution in [3.63, 3.8) is 0 Å².